The minimum Gasteiger partial charge on any atom is -0.369 e. The molecule has 0 saturated carbocycles. The molecule has 0 radical (unpaired) electrons. The van der Waals surface area contributed by atoms with E-state index < -0.39 is 0 Å². The van der Waals surface area contributed by atoms with Gasteiger partial charge in [-0.25, -0.2) is 0 Å². The van der Waals surface area contributed by atoms with Crippen molar-refractivity contribution in [2.24, 2.45) is 0 Å². The minimum atomic E-state index is -0.0833. The van der Waals surface area contributed by atoms with Gasteiger partial charge in [-0.3, -0.25) is 4.57 Å². The van der Waals surface area contributed by atoms with Crippen LogP contribution in [0.5, 0.6) is 0 Å². The molecular formula is C5H11O2P. The maximum absolute atomic E-state index is 10.1. The molecule has 0 spiro atoms. The van der Waals surface area contributed by atoms with Crippen LogP contribution >= 0.6 is 8.46 Å². The Morgan fingerprint density at radius 2 is 2.38 bits per heavy atom. The molecule has 0 aliphatic heterocycles. The summed E-state index contributed by atoms with van der Waals surface area (Å²) in [6.07, 6.45) is 1.90. The molecule has 0 saturated heterocycles. The Morgan fingerprint density at radius 1 is 1.75 bits per heavy atom. The summed E-state index contributed by atoms with van der Waals surface area (Å²) >= 11 is 0. The third kappa shape index (κ3) is 3.11. The van der Waals surface area contributed by atoms with Crippen molar-refractivity contribution in [3.8, 4) is 0 Å². The average molecular weight is 134 g/mol. The SMILES string of the molecule is CCCC(OC)P=O. The Bertz CT molecular complexity index is 65.4. The molecule has 3 heteroatoms. The smallest absolute Gasteiger partial charge is 0.187 e. The van der Waals surface area contributed by atoms with Gasteiger partial charge in [0.1, 0.15) is 5.85 Å². The maximum atomic E-state index is 10.1. The van der Waals surface area contributed by atoms with Gasteiger partial charge in [0.2, 0.25) is 0 Å². The summed E-state index contributed by atoms with van der Waals surface area (Å²) in [5, 5.41) is 0. The van der Waals surface area contributed by atoms with Crippen LogP contribution in [-0.4, -0.2) is 13.0 Å². The molecule has 1 unspecified atom stereocenters. The van der Waals surface area contributed by atoms with Gasteiger partial charge >= 0.3 is 0 Å². The van der Waals surface area contributed by atoms with Gasteiger partial charge in [-0.1, -0.05) is 13.3 Å². The van der Waals surface area contributed by atoms with Crippen molar-refractivity contribution in [2.75, 3.05) is 7.11 Å². The second kappa shape index (κ2) is 5.20. The van der Waals surface area contributed by atoms with E-state index in [1.165, 1.54) is 0 Å². The molecule has 0 amide bonds. The third-order valence-corrected chi connectivity index (χ3v) is 1.63. The molecule has 1 atom stereocenters. The summed E-state index contributed by atoms with van der Waals surface area (Å²) < 4.78 is 14.9. The van der Waals surface area contributed by atoms with E-state index in [2.05, 4.69) is 0 Å². The standard InChI is InChI=1S/C5H11O2P/c1-3-4-5(7-2)8-6/h5H,3-4H2,1-2H3. The number of hydrogen-bond acceptors (Lipinski definition) is 2. The molecule has 0 aliphatic rings. The van der Waals surface area contributed by atoms with Crippen molar-refractivity contribution < 1.29 is 9.30 Å². The first-order chi connectivity index (χ1) is 3.85. The summed E-state index contributed by atoms with van der Waals surface area (Å²) in [6.45, 7) is 2.04. The number of hydrogen-bond donors (Lipinski definition) is 0. The molecule has 0 aromatic rings. The van der Waals surface area contributed by atoms with Crippen molar-refractivity contribution in [3.63, 3.8) is 0 Å². The number of ether oxygens (including phenoxy) is 1. The maximum Gasteiger partial charge on any atom is 0.187 e. The normalized spacial score (nSPS) is 14.2. The minimum absolute atomic E-state index is 0.0833. The molecule has 8 heavy (non-hydrogen) atoms. The summed E-state index contributed by atoms with van der Waals surface area (Å²) in [6, 6.07) is 0. The highest BCUT2D eigenvalue weighted by molar-refractivity contribution is 7.24. The van der Waals surface area contributed by atoms with Crippen molar-refractivity contribution in [1.29, 1.82) is 0 Å². The fourth-order valence-electron chi connectivity index (χ4n) is 0.461. The topological polar surface area (TPSA) is 26.3 Å². The van der Waals surface area contributed by atoms with Crippen molar-refractivity contribution >= 4 is 8.46 Å². The lowest BCUT2D eigenvalue weighted by molar-refractivity contribution is 0.160. The van der Waals surface area contributed by atoms with Crippen LogP contribution in [0.1, 0.15) is 19.8 Å². The van der Waals surface area contributed by atoms with E-state index in [0.717, 1.165) is 12.8 Å². The van der Waals surface area contributed by atoms with Crippen LogP contribution in [0, 0.1) is 0 Å². The van der Waals surface area contributed by atoms with Gasteiger partial charge < -0.3 is 4.74 Å². The molecule has 0 aromatic heterocycles. The zero-order chi connectivity index (χ0) is 6.41. The highest BCUT2D eigenvalue weighted by atomic mass is 31.1. The predicted molar refractivity (Wildman–Crippen MR) is 33.3 cm³/mol. The zero-order valence-electron chi connectivity index (χ0n) is 5.26. The molecule has 0 aliphatic carbocycles. The molecule has 0 bridgehead atoms. The number of methoxy groups -OCH3 is 1. The highest BCUT2D eigenvalue weighted by Gasteiger charge is 2.01. The van der Waals surface area contributed by atoms with E-state index >= 15 is 0 Å². The molecule has 0 rings (SSSR count). The largest absolute Gasteiger partial charge is 0.369 e. The molecule has 0 N–H and O–H groups in total. The van der Waals surface area contributed by atoms with Crippen LogP contribution in [0.3, 0.4) is 0 Å². The van der Waals surface area contributed by atoms with Crippen molar-refractivity contribution in [1.82, 2.24) is 0 Å². The summed E-state index contributed by atoms with van der Waals surface area (Å²) in [7, 11) is 1.68. The first-order valence-corrected chi connectivity index (χ1v) is 3.58. The van der Waals surface area contributed by atoms with E-state index in [0.29, 0.717) is 0 Å². The lowest BCUT2D eigenvalue weighted by atomic mass is 10.4. The fraction of sp³-hybridized carbons (Fsp3) is 1.00. The molecule has 0 heterocycles. The van der Waals surface area contributed by atoms with Crippen LogP contribution in [0.2, 0.25) is 0 Å². The van der Waals surface area contributed by atoms with E-state index in [1.54, 1.807) is 7.11 Å². The molecule has 2 nitrogen and oxygen atoms in total. The van der Waals surface area contributed by atoms with Crippen molar-refractivity contribution in [3.05, 3.63) is 0 Å². The Labute approximate surface area is 51.4 Å². The quantitative estimate of drug-likeness (QED) is 0.550. The van der Waals surface area contributed by atoms with E-state index in [1.807, 2.05) is 6.92 Å². The van der Waals surface area contributed by atoms with Gasteiger partial charge in [0.05, 0.1) is 0 Å². The third-order valence-electron chi connectivity index (χ3n) is 0.925. The Balaban J connectivity index is 3.21. The van der Waals surface area contributed by atoms with Gasteiger partial charge in [-0.15, -0.1) is 0 Å². The summed E-state index contributed by atoms with van der Waals surface area (Å²) in [4.78, 5) is 0. The Hall–Kier alpha value is 0.0600. The fourth-order valence-corrected chi connectivity index (χ4v) is 0.910. The monoisotopic (exact) mass is 134 g/mol. The van der Waals surface area contributed by atoms with Crippen LogP contribution in [0.4, 0.5) is 0 Å². The first-order valence-electron chi connectivity index (χ1n) is 2.70. The average Bonchev–Trinajstić information content (AvgIpc) is 1.83. The van der Waals surface area contributed by atoms with Gasteiger partial charge in [0.25, 0.3) is 0 Å². The van der Waals surface area contributed by atoms with Crippen molar-refractivity contribution in [2.45, 2.75) is 25.6 Å². The van der Waals surface area contributed by atoms with Crippen LogP contribution in [0.15, 0.2) is 0 Å². The van der Waals surface area contributed by atoms with E-state index in [4.69, 9.17) is 4.74 Å². The molecular weight excluding hydrogens is 123 g/mol. The van der Waals surface area contributed by atoms with Gasteiger partial charge in [0.15, 0.2) is 8.46 Å². The van der Waals surface area contributed by atoms with Gasteiger partial charge in [0, 0.05) is 7.11 Å². The zero-order valence-corrected chi connectivity index (χ0v) is 6.15. The summed E-state index contributed by atoms with van der Waals surface area (Å²) in [5.74, 6) is -0.0833. The predicted octanol–water partition coefficient (Wildman–Crippen LogP) is 2.05. The van der Waals surface area contributed by atoms with Crippen LogP contribution < -0.4 is 0 Å². The second-order valence-electron chi connectivity index (χ2n) is 1.58. The van der Waals surface area contributed by atoms with E-state index in [-0.39, 0.29) is 14.3 Å². The van der Waals surface area contributed by atoms with Crippen LogP contribution in [-0.2, 0) is 9.30 Å². The lowest BCUT2D eigenvalue weighted by Crippen LogP contribution is -1.98. The van der Waals surface area contributed by atoms with Gasteiger partial charge in [-0.2, -0.15) is 0 Å². The molecule has 48 valence electrons. The lowest BCUT2D eigenvalue weighted by Gasteiger charge is -2.01. The van der Waals surface area contributed by atoms with Gasteiger partial charge in [-0.05, 0) is 6.42 Å². The van der Waals surface area contributed by atoms with Crippen LogP contribution in [0.25, 0.3) is 0 Å². The first kappa shape index (κ1) is 8.06. The second-order valence-corrected chi connectivity index (χ2v) is 2.37. The van der Waals surface area contributed by atoms with E-state index in [9.17, 15) is 4.57 Å². The summed E-state index contributed by atoms with van der Waals surface area (Å²) in [5.41, 5.74) is 0. The Kier molecular flexibility index (Phi) is 5.24. The Morgan fingerprint density at radius 3 is 2.50 bits per heavy atom. The molecule has 0 aromatic carbocycles. The highest BCUT2D eigenvalue weighted by Crippen LogP contribution is 2.12. The number of rotatable bonds is 4. The molecule has 0 fully saturated rings.